The molecule has 2 N–H and O–H groups in total. The zero-order valence-corrected chi connectivity index (χ0v) is 11.0. The SMILES string of the molecule is COc1ccccc1[C@H](C)NCc1cnc(C)[nH]1. The Bertz CT molecular complexity index is 507. The lowest BCUT2D eigenvalue weighted by Crippen LogP contribution is -2.18. The molecule has 96 valence electrons. The zero-order valence-electron chi connectivity index (χ0n) is 11.0. The van der Waals surface area contributed by atoms with Crippen LogP contribution < -0.4 is 10.1 Å². The Balaban J connectivity index is 2.01. The molecule has 18 heavy (non-hydrogen) atoms. The maximum Gasteiger partial charge on any atom is 0.123 e. The highest BCUT2D eigenvalue weighted by molar-refractivity contribution is 5.35. The molecule has 0 radical (unpaired) electrons. The fraction of sp³-hybridized carbons (Fsp3) is 0.357. The van der Waals surface area contributed by atoms with Crippen LogP contribution in [0.25, 0.3) is 0 Å². The number of aryl methyl sites for hydroxylation is 1. The van der Waals surface area contributed by atoms with Crippen LogP contribution in [0.15, 0.2) is 30.5 Å². The van der Waals surface area contributed by atoms with Crippen molar-refractivity contribution in [3.8, 4) is 5.75 Å². The number of H-pyrrole nitrogens is 1. The number of hydrogen-bond acceptors (Lipinski definition) is 3. The van der Waals surface area contributed by atoms with E-state index in [-0.39, 0.29) is 6.04 Å². The molecular weight excluding hydrogens is 226 g/mol. The Labute approximate surface area is 107 Å². The van der Waals surface area contributed by atoms with Gasteiger partial charge in [0.2, 0.25) is 0 Å². The molecule has 0 spiro atoms. The Morgan fingerprint density at radius 3 is 2.83 bits per heavy atom. The quantitative estimate of drug-likeness (QED) is 0.851. The van der Waals surface area contributed by atoms with Crippen molar-refractivity contribution in [1.29, 1.82) is 0 Å². The molecule has 1 aromatic carbocycles. The van der Waals surface area contributed by atoms with Crippen molar-refractivity contribution in [2.75, 3.05) is 7.11 Å². The topological polar surface area (TPSA) is 49.9 Å². The van der Waals surface area contributed by atoms with E-state index < -0.39 is 0 Å². The molecule has 2 aromatic rings. The number of nitrogens with zero attached hydrogens (tertiary/aromatic N) is 1. The van der Waals surface area contributed by atoms with Crippen LogP contribution in [-0.2, 0) is 6.54 Å². The first-order chi connectivity index (χ1) is 8.70. The molecule has 4 heteroatoms. The average Bonchev–Trinajstić information content (AvgIpc) is 2.81. The monoisotopic (exact) mass is 245 g/mol. The molecule has 4 nitrogen and oxygen atoms in total. The van der Waals surface area contributed by atoms with Crippen LogP contribution in [0.2, 0.25) is 0 Å². The first-order valence-corrected chi connectivity index (χ1v) is 6.07. The van der Waals surface area contributed by atoms with Gasteiger partial charge in [0.15, 0.2) is 0 Å². The smallest absolute Gasteiger partial charge is 0.123 e. The number of nitrogens with one attached hydrogen (secondary N) is 2. The van der Waals surface area contributed by atoms with E-state index in [0.29, 0.717) is 0 Å². The van der Waals surface area contributed by atoms with Crippen LogP contribution in [0, 0.1) is 6.92 Å². The van der Waals surface area contributed by atoms with Crippen LogP contribution in [0.5, 0.6) is 5.75 Å². The number of aromatic amines is 1. The van der Waals surface area contributed by atoms with Gasteiger partial charge in [-0.2, -0.15) is 0 Å². The standard InChI is InChI=1S/C14H19N3O/c1-10(13-6-4-5-7-14(13)18-3)15-8-12-9-16-11(2)17-12/h4-7,9-10,15H,8H2,1-3H3,(H,16,17)/t10-/m0/s1. The molecule has 2 rings (SSSR count). The summed E-state index contributed by atoms with van der Waals surface area (Å²) in [6, 6.07) is 8.29. The molecule has 0 amide bonds. The predicted molar refractivity (Wildman–Crippen MR) is 71.6 cm³/mol. The minimum atomic E-state index is 0.227. The molecule has 0 aliphatic heterocycles. The summed E-state index contributed by atoms with van der Waals surface area (Å²) in [6.07, 6.45) is 1.86. The Hall–Kier alpha value is -1.81. The number of imidazole rings is 1. The first-order valence-electron chi connectivity index (χ1n) is 6.07. The molecule has 0 aliphatic carbocycles. The van der Waals surface area contributed by atoms with Crippen molar-refractivity contribution in [2.24, 2.45) is 0 Å². The summed E-state index contributed by atoms with van der Waals surface area (Å²) in [6.45, 7) is 4.84. The highest BCUT2D eigenvalue weighted by Gasteiger charge is 2.10. The average molecular weight is 245 g/mol. The van der Waals surface area contributed by atoms with Crippen molar-refractivity contribution >= 4 is 0 Å². The summed E-state index contributed by atoms with van der Waals surface area (Å²) in [5.41, 5.74) is 2.26. The molecule has 0 saturated carbocycles. The van der Waals surface area contributed by atoms with Gasteiger partial charge >= 0.3 is 0 Å². The van der Waals surface area contributed by atoms with Crippen LogP contribution >= 0.6 is 0 Å². The minimum Gasteiger partial charge on any atom is -0.496 e. The van der Waals surface area contributed by atoms with E-state index in [9.17, 15) is 0 Å². The highest BCUT2D eigenvalue weighted by atomic mass is 16.5. The number of methoxy groups -OCH3 is 1. The number of aromatic nitrogens is 2. The lowest BCUT2D eigenvalue weighted by Gasteiger charge is -2.16. The van der Waals surface area contributed by atoms with E-state index in [4.69, 9.17) is 4.74 Å². The Morgan fingerprint density at radius 2 is 2.17 bits per heavy atom. The molecule has 1 aromatic heterocycles. The lowest BCUT2D eigenvalue weighted by atomic mass is 10.1. The summed E-state index contributed by atoms with van der Waals surface area (Å²) in [5, 5.41) is 3.45. The van der Waals surface area contributed by atoms with Gasteiger partial charge in [0.25, 0.3) is 0 Å². The van der Waals surface area contributed by atoms with E-state index in [2.05, 4.69) is 28.3 Å². The van der Waals surface area contributed by atoms with E-state index in [1.807, 2.05) is 31.3 Å². The van der Waals surface area contributed by atoms with Crippen LogP contribution in [0.4, 0.5) is 0 Å². The van der Waals surface area contributed by atoms with Gasteiger partial charge in [-0.1, -0.05) is 18.2 Å². The molecule has 0 fully saturated rings. The molecule has 1 heterocycles. The number of hydrogen-bond donors (Lipinski definition) is 2. The number of benzene rings is 1. The summed E-state index contributed by atoms with van der Waals surface area (Å²) in [4.78, 5) is 7.39. The van der Waals surface area contributed by atoms with Crippen LogP contribution in [0.1, 0.15) is 30.0 Å². The van der Waals surface area contributed by atoms with Gasteiger partial charge in [-0.3, -0.25) is 0 Å². The zero-order chi connectivity index (χ0) is 13.0. The maximum atomic E-state index is 5.36. The summed E-state index contributed by atoms with van der Waals surface area (Å²) in [7, 11) is 1.70. The van der Waals surface area contributed by atoms with Gasteiger partial charge in [0.05, 0.1) is 7.11 Å². The third-order valence-electron chi connectivity index (χ3n) is 2.96. The summed E-state index contributed by atoms with van der Waals surface area (Å²) in [5.74, 6) is 1.86. The molecule has 0 aliphatic rings. The number of rotatable bonds is 5. The van der Waals surface area contributed by atoms with E-state index in [1.54, 1.807) is 7.11 Å². The van der Waals surface area contributed by atoms with Gasteiger partial charge in [0, 0.05) is 30.0 Å². The third-order valence-corrected chi connectivity index (χ3v) is 2.96. The molecular formula is C14H19N3O. The highest BCUT2D eigenvalue weighted by Crippen LogP contribution is 2.24. The van der Waals surface area contributed by atoms with Crippen LogP contribution in [-0.4, -0.2) is 17.1 Å². The predicted octanol–water partition coefficient (Wildman–Crippen LogP) is 2.58. The van der Waals surface area contributed by atoms with Crippen molar-refractivity contribution in [2.45, 2.75) is 26.4 Å². The van der Waals surface area contributed by atoms with Crippen LogP contribution in [0.3, 0.4) is 0 Å². The third kappa shape index (κ3) is 2.90. The largest absolute Gasteiger partial charge is 0.496 e. The normalized spacial score (nSPS) is 12.4. The second-order valence-corrected chi connectivity index (χ2v) is 4.34. The van der Waals surface area contributed by atoms with Crippen molar-refractivity contribution in [1.82, 2.24) is 15.3 Å². The lowest BCUT2D eigenvalue weighted by molar-refractivity contribution is 0.401. The fourth-order valence-corrected chi connectivity index (χ4v) is 1.96. The van der Waals surface area contributed by atoms with Gasteiger partial charge < -0.3 is 15.0 Å². The molecule has 0 bridgehead atoms. The van der Waals surface area contributed by atoms with Gasteiger partial charge in [-0.05, 0) is 19.9 Å². The van der Waals surface area contributed by atoms with Crippen molar-refractivity contribution < 1.29 is 4.74 Å². The first kappa shape index (κ1) is 12.6. The van der Waals surface area contributed by atoms with E-state index in [0.717, 1.165) is 29.4 Å². The molecule has 0 unspecified atom stereocenters. The number of para-hydroxylation sites is 1. The maximum absolute atomic E-state index is 5.36. The van der Waals surface area contributed by atoms with Gasteiger partial charge in [-0.15, -0.1) is 0 Å². The molecule has 1 atom stereocenters. The second kappa shape index (κ2) is 5.69. The fourth-order valence-electron chi connectivity index (χ4n) is 1.96. The van der Waals surface area contributed by atoms with Gasteiger partial charge in [0.1, 0.15) is 11.6 Å². The van der Waals surface area contributed by atoms with Crippen molar-refractivity contribution in [3.05, 3.63) is 47.5 Å². The van der Waals surface area contributed by atoms with Crippen molar-refractivity contribution in [3.63, 3.8) is 0 Å². The summed E-state index contributed by atoms with van der Waals surface area (Å²) < 4.78 is 5.36. The molecule has 0 saturated heterocycles. The van der Waals surface area contributed by atoms with E-state index >= 15 is 0 Å². The Kier molecular flexibility index (Phi) is 3.99. The van der Waals surface area contributed by atoms with Gasteiger partial charge in [-0.25, -0.2) is 4.98 Å². The minimum absolute atomic E-state index is 0.227. The Morgan fingerprint density at radius 1 is 1.39 bits per heavy atom. The number of ether oxygens (including phenoxy) is 1. The van der Waals surface area contributed by atoms with E-state index in [1.165, 1.54) is 0 Å². The summed E-state index contributed by atoms with van der Waals surface area (Å²) >= 11 is 0. The second-order valence-electron chi connectivity index (χ2n) is 4.34.